The Hall–Kier alpha value is -1.37. The van der Waals surface area contributed by atoms with Crippen LogP contribution in [0, 0.1) is 0 Å². The number of aromatic nitrogens is 2. The van der Waals surface area contributed by atoms with Crippen molar-refractivity contribution in [1.82, 2.24) is 9.97 Å². The molecule has 0 radical (unpaired) electrons. The summed E-state index contributed by atoms with van der Waals surface area (Å²) in [5.74, 6) is 0.0117. The maximum Gasteiger partial charge on any atom is 0.433 e. The van der Waals surface area contributed by atoms with Crippen molar-refractivity contribution < 1.29 is 18.3 Å². The first kappa shape index (κ1) is 12.1. The van der Waals surface area contributed by atoms with E-state index in [2.05, 4.69) is 9.97 Å². The van der Waals surface area contributed by atoms with Gasteiger partial charge < -0.3 is 10.0 Å². The van der Waals surface area contributed by atoms with Crippen LogP contribution in [0.5, 0.6) is 0 Å². The van der Waals surface area contributed by atoms with Gasteiger partial charge in [0, 0.05) is 19.3 Å². The Morgan fingerprint density at radius 2 is 2.18 bits per heavy atom. The van der Waals surface area contributed by atoms with Gasteiger partial charge in [0.05, 0.1) is 5.60 Å². The van der Waals surface area contributed by atoms with Gasteiger partial charge in [0.1, 0.15) is 5.69 Å². The molecule has 0 aliphatic carbocycles. The first-order valence-corrected chi connectivity index (χ1v) is 5.15. The van der Waals surface area contributed by atoms with E-state index in [-0.39, 0.29) is 12.5 Å². The molecule has 1 N–H and O–H groups in total. The van der Waals surface area contributed by atoms with Gasteiger partial charge in [0.25, 0.3) is 0 Å². The summed E-state index contributed by atoms with van der Waals surface area (Å²) in [5.41, 5.74) is -1.86. The second-order valence-corrected chi connectivity index (χ2v) is 4.41. The average Bonchev–Trinajstić information content (AvgIpc) is 2.58. The summed E-state index contributed by atoms with van der Waals surface area (Å²) in [7, 11) is 0. The lowest BCUT2D eigenvalue weighted by atomic mass is 10.1. The van der Waals surface area contributed by atoms with Crippen LogP contribution >= 0.6 is 0 Å². The summed E-state index contributed by atoms with van der Waals surface area (Å²) in [4.78, 5) is 8.83. The van der Waals surface area contributed by atoms with Gasteiger partial charge in [-0.2, -0.15) is 13.2 Å². The van der Waals surface area contributed by atoms with E-state index in [0.29, 0.717) is 13.0 Å². The van der Waals surface area contributed by atoms with Crippen molar-refractivity contribution in [2.45, 2.75) is 25.1 Å². The highest BCUT2D eigenvalue weighted by atomic mass is 19.4. The molecule has 0 amide bonds. The molecule has 2 rings (SSSR count). The molecular weight excluding hydrogens is 235 g/mol. The zero-order valence-electron chi connectivity index (χ0n) is 9.20. The fourth-order valence-corrected chi connectivity index (χ4v) is 1.77. The van der Waals surface area contributed by atoms with Gasteiger partial charge in [0.15, 0.2) is 0 Å². The molecule has 4 nitrogen and oxygen atoms in total. The van der Waals surface area contributed by atoms with Crippen LogP contribution in [0.3, 0.4) is 0 Å². The summed E-state index contributed by atoms with van der Waals surface area (Å²) >= 11 is 0. The molecule has 0 bridgehead atoms. The van der Waals surface area contributed by atoms with E-state index in [4.69, 9.17) is 0 Å². The van der Waals surface area contributed by atoms with Gasteiger partial charge in [-0.3, -0.25) is 0 Å². The molecular formula is C10H12F3N3O. The predicted molar refractivity (Wildman–Crippen MR) is 54.5 cm³/mol. The molecule has 1 saturated heterocycles. The molecule has 1 atom stereocenters. The van der Waals surface area contributed by atoms with E-state index in [0.717, 1.165) is 12.3 Å². The number of halogens is 3. The predicted octanol–water partition coefficient (Wildman–Crippen LogP) is 1.46. The van der Waals surface area contributed by atoms with Crippen molar-refractivity contribution in [3.63, 3.8) is 0 Å². The summed E-state index contributed by atoms with van der Waals surface area (Å²) in [6, 6.07) is 0.831. The minimum Gasteiger partial charge on any atom is -0.388 e. The molecule has 1 aliphatic rings. The first-order chi connectivity index (χ1) is 7.78. The quantitative estimate of drug-likeness (QED) is 0.816. The van der Waals surface area contributed by atoms with E-state index >= 15 is 0 Å². The number of alkyl halides is 3. The van der Waals surface area contributed by atoms with Crippen LogP contribution in [0.2, 0.25) is 0 Å². The molecule has 0 spiro atoms. The molecule has 2 heterocycles. The average molecular weight is 247 g/mol. The molecule has 1 aliphatic heterocycles. The minimum absolute atomic E-state index is 0.0117. The number of anilines is 1. The van der Waals surface area contributed by atoms with Gasteiger partial charge in [-0.25, -0.2) is 9.97 Å². The Morgan fingerprint density at radius 1 is 1.47 bits per heavy atom. The minimum atomic E-state index is -4.47. The maximum atomic E-state index is 12.4. The Kier molecular flexibility index (Phi) is 2.73. The van der Waals surface area contributed by atoms with Crippen LogP contribution in [-0.2, 0) is 6.18 Å². The lowest BCUT2D eigenvalue weighted by Gasteiger charge is -2.19. The van der Waals surface area contributed by atoms with E-state index in [9.17, 15) is 18.3 Å². The van der Waals surface area contributed by atoms with Crippen LogP contribution in [-0.4, -0.2) is 33.8 Å². The lowest BCUT2D eigenvalue weighted by molar-refractivity contribution is -0.141. The van der Waals surface area contributed by atoms with Crippen molar-refractivity contribution in [2.75, 3.05) is 18.0 Å². The molecule has 1 unspecified atom stereocenters. The standard InChI is InChI=1S/C10H12F3N3O/c1-9(17)3-5-16(6-9)8-14-4-2-7(15-8)10(11,12)13/h2,4,17H,3,5-6H2,1H3. The molecule has 7 heteroatoms. The van der Waals surface area contributed by atoms with E-state index in [1.807, 2.05) is 0 Å². The fraction of sp³-hybridized carbons (Fsp3) is 0.600. The summed E-state index contributed by atoms with van der Waals surface area (Å²) < 4.78 is 37.3. The smallest absolute Gasteiger partial charge is 0.388 e. The molecule has 1 aromatic rings. The lowest BCUT2D eigenvalue weighted by Crippen LogP contribution is -2.30. The topological polar surface area (TPSA) is 49.2 Å². The molecule has 1 fully saturated rings. The van der Waals surface area contributed by atoms with Crippen molar-refractivity contribution in [3.05, 3.63) is 18.0 Å². The Balaban J connectivity index is 2.23. The number of β-amino-alcohol motifs (C(OH)–C–C–N with tert-alkyl or cyclic N) is 1. The number of rotatable bonds is 1. The van der Waals surface area contributed by atoms with Gasteiger partial charge >= 0.3 is 6.18 Å². The Morgan fingerprint density at radius 3 is 2.71 bits per heavy atom. The highest BCUT2D eigenvalue weighted by Gasteiger charge is 2.36. The summed E-state index contributed by atoms with van der Waals surface area (Å²) in [6.07, 6.45) is -2.90. The highest BCUT2D eigenvalue weighted by Crippen LogP contribution is 2.29. The van der Waals surface area contributed by atoms with Crippen LogP contribution in [0.25, 0.3) is 0 Å². The van der Waals surface area contributed by atoms with Crippen LogP contribution in [0.4, 0.5) is 19.1 Å². The van der Waals surface area contributed by atoms with Gasteiger partial charge in [-0.15, -0.1) is 0 Å². The Bertz CT molecular complexity index is 420. The van der Waals surface area contributed by atoms with Gasteiger partial charge in [0.2, 0.25) is 5.95 Å². The van der Waals surface area contributed by atoms with Crippen molar-refractivity contribution in [1.29, 1.82) is 0 Å². The Labute approximate surface area is 96.1 Å². The SMILES string of the molecule is CC1(O)CCN(c2nccc(C(F)(F)F)n2)C1. The van der Waals surface area contributed by atoms with Crippen LogP contribution in [0.1, 0.15) is 19.0 Å². The monoisotopic (exact) mass is 247 g/mol. The number of nitrogens with zero attached hydrogens (tertiary/aromatic N) is 3. The molecule has 17 heavy (non-hydrogen) atoms. The molecule has 0 aromatic carbocycles. The number of hydrogen-bond donors (Lipinski definition) is 1. The largest absolute Gasteiger partial charge is 0.433 e. The fourth-order valence-electron chi connectivity index (χ4n) is 1.77. The van der Waals surface area contributed by atoms with E-state index < -0.39 is 17.5 Å². The molecule has 0 saturated carbocycles. The normalized spacial score (nSPS) is 25.4. The van der Waals surface area contributed by atoms with E-state index in [1.54, 1.807) is 11.8 Å². The summed E-state index contributed by atoms with van der Waals surface area (Å²) in [5, 5.41) is 9.74. The third kappa shape index (κ3) is 2.66. The van der Waals surface area contributed by atoms with Crippen molar-refractivity contribution >= 4 is 5.95 Å². The summed E-state index contributed by atoms with van der Waals surface area (Å²) in [6.45, 7) is 2.34. The second-order valence-electron chi connectivity index (χ2n) is 4.41. The zero-order chi connectivity index (χ0) is 12.7. The van der Waals surface area contributed by atoms with Crippen molar-refractivity contribution in [2.24, 2.45) is 0 Å². The molecule has 94 valence electrons. The highest BCUT2D eigenvalue weighted by molar-refractivity contribution is 5.33. The third-order valence-corrected chi connectivity index (χ3v) is 2.67. The van der Waals surface area contributed by atoms with Crippen LogP contribution in [0.15, 0.2) is 12.3 Å². The maximum absolute atomic E-state index is 12.4. The van der Waals surface area contributed by atoms with E-state index in [1.165, 1.54) is 0 Å². The molecule has 1 aromatic heterocycles. The second kappa shape index (κ2) is 3.83. The number of aliphatic hydroxyl groups is 1. The van der Waals surface area contributed by atoms with Gasteiger partial charge in [-0.1, -0.05) is 0 Å². The zero-order valence-corrected chi connectivity index (χ0v) is 9.20. The first-order valence-electron chi connectivity index (χ1n) is 5.15. The number of hydrogen-bond acceptors (Lipinski definition) is 4. The van der Waals surface area contributed by atoms with Crippen LogP contribution < -0.4 is 4.90 Å². The van der Waals surface area contributed by atoms with Crippen molar-refractivity contribution in [3.8, 4) is 0 Å². The third-order valence-electron chi connectivity index (χ3n) is 2.67. The van der Waals surface area contributed by atoms with Gasteiger partial charge in [-0.05, 0) is 19.4 Å².